The van der Waals surface area contributed by atoms with E-state index in [4.69, 9.17) is 19.2 Å². The van der Waals surface area contributed by atoms with Gasteiger partial charge in [0.25, 0.3) is 0 Å². The van der Waals surface area contributed by atoms with Gasteiger partial charge in [-0.05, 0) is 38.3 Å². The summed E-state index contributed by atoms with van der Waals surface area (Å²) in [6.07, 6.45) is 3.46. The molecule has 1 fully saturated rings. The van der Waals surface area contributed by atoms with Crippen LogP contribution in [0.2, 0.25) is 0 Å². The van der Waals surface area contributed by atoms with Gasteiger partial charge in [-0.2, -0.15) is 4.98 Å². The first-order valence-corrected chi connectivity index (χ1v) is 12.4. The van der Waals surface area contributed by atoms with Crippen molar-refractivity contribution in [1.29, 1.82) is 0 Å². The molecule has 0 radical (unpaired) electrons. The summed E-state index contributed by atoms with van der Waals surface area (Å²) in [6, 6.07) is 14.0. The van der Waals surface area contributed by atoms with E-state index in [1.54, 1.807) is 50.6 Å². The Bertz CT molecular complexity index is 1180. The van der Waals surface area contributed by atoms with Gasteiger partial charge >= 0.3 is 0 Å². The van der Waals surface area contributed by atoms with Crippen molar-refractivity contribution in [3.8, 4) is 17.2 Å². The van der Waals surface area contributed by atoms with Crippen LogP contribution in [0.4, 0.5) is 17.5 Å². The summed E-state index contributed by atoms with van der Waals surface area (Å²) < 4.78 is 16.3. The second kappa shape index (κ2) is 11.9. The molecule has 1 aliphatic rings. The van der Waals surface area contributed by atoms with E-state index in [1.165, 1.54) is 5.56 Å². The summed E-state index contributed by atoms with van der Waals surface area (Å²) in [6.45, 7) is 5.28. The van der Waals surface area contributed by atoms with Gasteiger partial charge < -0.3 is 24.8 Å². The Labute approximate surface area is 218 Å². The van der Waals surface area contributed by atoms with Crippen LogP contribution in [0.3, 0.4) is 0 Å². The molecular formula is C28H35N5O4. The van der Waals surface area contributed by atoms with Gasteiger partial charge in [0.1, 0.15) is 5.82 Å². The predicted molar refractivity (Wildman–Crippen MR) is 144 cm³/mol. The average Bonchev–Trinajstić information content (AvgIpc) is 2.92. The topological polar surface area (TPSA) is 97.8 Å². The molecule has 1 amide bonds. The molecule has 0 spiro atoms. The van der Waals surface area contributed by atoms with E-state index in [0.29, 0.717) is 53.8 Å². The van der Waals surface area contributed by atoms with Crippen LogP contribution < -0.4 is 29.7 Å². The maximum absolute atomic E-state index is 13.7. The number of carbonyl (C=O) groups is 1. The summed E-state index contributed by atoms with van der Waals surface area (Å²) in [5.74, 6) is 2.35. The number of hydrogen-bond donors (Lipinski definition) is 2. The minimum atomic E-state index is -0.108. The third kappa shape index (κ3) is 6.29. The minimum absolute atomic E-state index is 0.0532. The van der Waals surface area contributed by atoms with Crippen molar-refractivity contribution in [2.45, 2.75) is 39.3 Å². The number of hydrogen-bond acceptors (Lipinski definition) is 8. The lowest BCUT2D eigenvalue weighted by Gasteiger charge is -2.31. The minimum Gasteiger partial charge on any atom is -0.493 e. The zero-order valence-corrected chi connectivity index (χ0v) is 22.1. The van der Waals surface area contributed by atoms with Crippen LogP contribution in [0.25, 0.3) is 0 Å². The number of anilines is 3. The van der Waals surface area contributed by atoms with E-state index in [-0.39, 0.29) is 11.8 Å². The maximum Gasteiger partial charge on any atom is 0.232 e. The molecule has 37 heavy (non-hydrogen) atoms. The Balaban J connectivity index is 1.64. The van der Waals surface area contributed by atoms with E-state index >= 15 is 0 Å². The SMILES string of the molecule is COc1cc(Nc2nccc(N(Cc3ccc(C)cc3)C(=O)C3CCC(C)NC3)n2)cc(OC)c1OC. The zero-order chi connectivity index (χ0) is 26.4. The van der Waals surface area contributed by atoms with Crippen molar-refractivity contribution in [2.75, 3.05) is 38.1 Å². The molecule has 3 aromatic rings. The number of nitrogens with one attached hydrogen (secondary N) is 2. The lowest BCUT2D eigenvalue weighted by atomic mass is 9.94. The predicted octanol–water partition coefficient (Wildman–Crippen LogP) is 4.48. The third-order valence-corrected chi connectivity index (χ3v) is 6.58. The number of rotatable bonds is 9. The van der Waals surface area contributed by atoms with Crippen LogP contribution in [0.1, 0.15) is 30.9 Å². The maximum atomic E-state index is 13.7. The van der Waals surface area contributed by atoms with Crippen LogP contribution in [0, 0.1) is 12.8 Å². The summed E-state index contributed by atoms with van der Waals surface area (Å²) in [5, 5.41) is 6.65. The van der Waals surface area contributed by atoms with E-state index in [1.807, 2.05) is 19.1 Å². The first-order chi connectivity index (χ1) is 17.9. The summed E-state index contributed by atoms with van der Waals surface area (Å²) in [7, 11) is 4.68. The molecule has 1 aromatic heterocycles. The highest BCUT2D eigenvalue weighted by atomic mass is 16.5. The van der Waals surface area contributed by atoms with Gasteiger partial charge in [-0.1, -0.05) is 29.8 Å². The molecule has 9 nitrogen and oxygen atoms in total. The van der Waals surface area contributed by atoms with Gasteiger partial charge in [-0.25, -0.2) is 4.98 Å². The molecule has 0 aliphatic carbocycles. The van der Waals surface area contributed by atoms with Crippen molar-refractivity contribution >= 4 is 23.4 Å². The number of aromatic nitrogens is 2. The smallest absolute Gasteiger partial charge is 0.232 e. The Kier molecular flexibility index (Phi) is 8.45. The number of methoxy groups -OCH3 is 3. The van der Waals surface area contributed by atoms with Gasteiger partial charge in [0.2, 0.25) is 17.6 Å². The zero-order valence-electron chi connectivity index (χ0n) is 22.1. The van der Waals surface area contributed by atoms with Crippen LogP contribution in [0.15, 0.2) is 48.7 Å². The fourth-order valence-electron chi connectivity index (χ4n) is 4.42. The van der Waals surface area contributed by atoms with Crippen LogP contribution in [-0.4, -0.2) is 49.8 Å². The number of carbonyl (C=O) groups excluding carboxylic acids is 1. The van der Waals surface area contributed by atoms with E-state index < -0.39 is 0 Å². The second-order valence-corrected chi connectivity index (χ2v) is 9.27. The third-order valence-electron chi connectivity index (χ3n) is 6.58. The molecule has 9 heteroatoms. The highest BCUT2D eigenvalue weighted by Gasteiger charge is 2.29. The Morgan fingerprint density at radius 2 is 1.76 bits per heavy atom. The Hall–Kier alpha value is -3.85. The molecule has 1 aliphatic heterocycles. The van der Waals surface area contributed by atoms with E-state index in [9.17, 15) is 4.79 Å². The summed E-state index contributed by atoms with van der Waals surface area (Å²) >= 11 is 0. The molecule has 2 N–H and O–H groups in total. The lowest BCUT2D eigenvalue weighted by molar-refractivity contribution is -0.123. The standard InChI is InChI=1S/C28H35N5O4/c1-18-6-9-20(10-7-18)17-33(27(34)21-11-8-19(2)30-16-21)25-12-13-29-28(32-25)31-22-14-23(35-3)26(37-5)24(15-22)36-4/h6-7,9-10,12-15,19,21,30H,8,11,16-17H2,1-5H3,(H,29,31,32). The van der Waals surface area contributed by atoms with Crippen LogP contribution >= 0.6 is 0 Å². The second-order valence-electron chi connectivity index (χ2n) is 9.27. The molecule has 1 saturated heterocycles. The Morgan fingerprint density at radius 3 is 2.35 bits per heavy atom. The molecule has 0 saturated carbocycles. The van der Waals surface area contributed by atoms with Gasteiger partial charge in [0.05, 0.1) is 33.8 Å². The number of aryl methyl sites for hydroxylation is 1. The fourth-order valence-corrected chi connectivity index (χ4v) is 4.42. The number of benzene rings is 2. The molecule has 2 aromatic carbocycles. The van der Waals surface area contributed by atoms with Crippen molar-refractivity contribution in [3.05, 3.63) is 59.8 Å². The van der Waals surface area contributed by atoms with Gasteiger partial charge in [-0.3, -0.25) is 9.69 Å². The van der Waals surface area contributed by atoms with Crippen molar-refractivity contribution in [2.24, 2.45) is 5.92 Å². The highest BCUT2D eigenvalue weighted by Crippen LogP contribution is 2.40. The molecular weight excluding hydrogens is 470 g/mol. The summed E-state index contributed by atoms with van der Waals surface area (Å²) in [5.41, 5.74) is 2.87. The Morgan fingerprint density at radius 1 is 1.05 bits per heavy atom. The normalized spacial score (nSPS) is 17.1. The van der Waals surface area contributed by atoms with E-state index in [0.717, 1.165) is 18.4 Å². The quantitative estimate of drug-likeness (QED) is 0.440. The molecule has 2 heterocycles. The number of nitrogens with zero attached hydrogens (tertiary/aromatic N) is 3. The largest absolute Gasteiger partial charge is 0.493 e. The lowest BCUT2D eigenvalue weighted by Crippen LogP contribution is -2.45. The molecule has 4 rings (SSSR count). The number of ether oxygens (including phenoxy) is 3. The monoisotopic (exact) mass is 505 g/mol. The van der Waals surface area contributed by atoms with Crippen molar-refractivity contribution in [1.82, 2.24) is 15.3 Å². The summed E-state index contributed by atoms with van der Waals surface area (Å²) in [4.78, 5) is 24.6. The van der Waals surface area contributed by atoms with Gasteiger partial charge in [0.15, 0.2) is 11.5 Å². The molecule has 2 unspecified atom stereocenters. The van der Waals surface area contributed by atoms with Gasteiger partial charge in [-0.15, -0.1) is 0 Å². The van der Waals surface area contributed by atoms with Gasteiger partial charge in [0, 0.05) is 36.6 Å². The van der Waals surface area contributed by atoms with Crippen molar-refractivity contribution < 1.29 is 19.0 Å². The van der Waals surface area contributed by atoms with E-state index in [2.05, 4.69) is 34.7 Å². The van der Waals surface area contributed by atoms with Crippen LogP contribution in [-0.2, 0) is 11.3 Å². The molecule has 0 bridgehead atoms. The fraction of sp³-hybridized carbons (Fsp3) is 0.393. The number of amides is 1. The highest BCUT2D eigenvalue weighted by molar-refractivity contribution is 5.94. The molecule has 196 valence electrons. The van der Waals surface area contributed by atoms with Crippen molar-refractivity contribution in [3.63, 3.8) is 0 Å². The average molecular weight is 506 g/mol. The molecule has 2 atom stereocenters. The first kappa shape index (κ1) is 26.2. The number of piperidine rings is 1. The van der Waals surface area contributed by atoms with Crippen LogP contribution in [0.5, 0.6) is 17.2 Å². The first-order valence-electron chi connectivity index (χ1n) is 12.4.